The summed E-state index contributed by atoms with van der Waals surface area (Å²) in [6, 6.07) is 11.3. The van der Waals surface area contributed by atoms with E-state index < -0.39 is 62.9 Å². The molecule has 1 saturated carbocycles. The SMILES string of the molecule is CN1CCC[C@@H](c2cc(S(=O)(=O)N(C)c3ccc([C@H]4CCC[C@@H](C(=O)Nc5ccc(C(F)(F)F)cc5F)[C@@H]4C(=O)O)cc3)cc3nc(N)n(C)c23)C1. The number of aliphatic carboxylic acids is 1. The number of carbonyl (C=O) groups is 2. The molecule has 1 aliphatic heterocycles. The summed E-state index contributed by atoms with van der Waals surface area (Å²) in [6.07, 6.45) is -1.88. The van der Waals surface area contributed by atoms with Crippen molar-refractivity contribution in [2.24, 2.45) is 18.9 Å². The maximum absolute atomic E-state index is 14.5. The van der Waals surface area contributed by atoms with E-state index >= 15 is 0 Å². The summed E-state index contributed by atoms with van der Waals surface area (Å²) in [7, 11) is 1.16. The highest BCUT2D eigenvalue weighted by Gasteiger charge is 2.43. The minimum atomic E-state index is -4.78. The molecule has 6 rings (SSSR count). The summed E-state index contributed by atoms with van der Waals surface area (Å²) < 4.78 is 84.6. The average Bonchev–Trinajstić information content (AvgIpc) is 3.39. The van der Waals surface area contributed by atoms with Crippen LogP contribution in [-0.4, -0.2) is 67.0 Å². The smallest absolute Gasteiger partial charge is 0.416 e. The number of carboxylic acid groups (broad SMARTS) is 1. The number of aromatic nitrogens is 2. The number of amides is 1. The molecule has 0 spiro atoms. The number of nitrogens with one attached hydrogen (secondary N) is 1. The van der Waals surface area contributed by atoms with Crippen LogP contribution in [0.2, 0.25) is 0 Å². The molecule has 4 N–H and O–H groups in total. The fraction of sp³-hybridized carbons (Fsp3) is 0.417. The lowest BCUT2D eigenvalue weighted by Crippen LogP contribution is -2.40. The number of sulfonamides is 1. The molecular weight excluding hydrogens is 704 g/mol. The molecule has 2 heterocycles. The van der Waals surface area contributed by atoms with Crippen molar-refractivity contribution < 1.29 is 40.7 Å². The third-order valence-electron chi connectivity index (χ3n) is 10.5. The van der Waals surface area contributed by atoms with Gasteiger partial charge in [-0.15, -0.1) is 0 Å². The van der Waals surface area contributed by atoms with Crippen molar-refractivity contribution in [2.45, 2.75) is 55.0 Å². The highest BCUT2D eigenvalue weighted by atomic mass is 32.2. The zero-order valence-corrected chi connectivity index (χ0v) is 29.6. The van der Waals surface area contributed by atoms with Gasteiger partial charge in [0.1, 0.15) is 5.82 Å². The lowest BCUT2D eigenvalue weighted by molar-refractivity contribution is -0.148. The Hall–Kier alpha value is -4.70. The molecular formula is C36H40F4N6O5S. The fourth-order valence-corrected chi connectivity index (χ4v) is 8.97. The van der Waals surface area contributed by atoms with Crippen molar-refractivity contribution in [1.82, 2.24) is 14.5 Å². The van der Waals surface area contributed by atoms with Crippen molar-refractivity contribution in [3.63, 3.8) is 0 Å². The number of piperidine rings is 1. The monoisotopic (exact) mass is 744 g/mol. The number of benzene rings is 3. The lowest BCUT2D eigenvalue weighted by atomic mass is 9.69. The number of anilines is 3. The number of nitrogens with two attached hydrogens (primary N) is 1. The first-order valence-electron chi connectivity index (χ1n) is 16.9. The molecule has 52 heavy (non-hydrogen) atoms. The van der Waals surface area contributed by atoms with Crippen molar-refractivity contribution in [2.75, 3.05) is 42.5 Å². The minimum absolute atomic E-state index is 0.0597. The number of nitrogens with zero attached hydrogens (tertiary/aromatic N) is 4. The van der Waals surface area contributed by atoms with Gasteiger partial charge < -0.3 is 25.6 Å². The van der Waals surface area contributed by atoms with Crippen LogP contribution in [0.25, 0.3) is 11.0 Å². The first-order chi connectivity index (χ1) is 24.5. The summed E-state index contributed by atoms with van der Waals surface area (Å²) >= 11 is 0. The van der Waals surface area contributed by atoms with Gasteiger partial charge in [-0.3, -0.25) is 13.9 Å². The van der Waals surface area contributed by atoms with Gasteiger partial charge in [-0.2, -0.15) is 13.2 Å². The molecule has 278 valence electrons. The second-order valence-corrected chi connectivity index (χ2v) is 15.7. The molecule has 1 amide bonds. The molecule has 4 atom stereocenters. The van der Waals surface area contributed by atoms with E-state index in [4.69, 9.17) is 5.73 Å². The second kappa shape index (κ2) is 14.0. The Kier molecular flexibility index (Phi) is 10.00. The van der Waals surface area contributed by atoms with E-state index in [0.29, 0.717) is 35.7 Å². The van der Waals surface area contributed by atoms with Gasteiger partial charge in [0.25, 0.3) is 10.0 Å². The van der Waals surface area contributed by atoms with E-state index in [1.165, 1.54) is 13.1 Å². The number of alkyl halides is 3. The normalized spacial score (nSPS) is 21.6. The number of likely N-dealkylation sites (N-methyl/N-ethyl adjacent to an activating group) is 1. The number of imidazole rings is 1. The number of nitrogen functional groups attached to an aromatic ring is 1. The van der Waals surface area contributed by atoms with Gasteiger partial charge in [-0.05, 0) is 105 Å². The largest absolute Gasteiger partial charge is 0.481 e. The molecule has 4 aromatic rings. The van der Waals surface area contributed by atoms with E-state index in [1.807, 2.05) is 7.05 Å². The van der Waals surface area contributed by atoms with Crippen LogP contribution in [0.15, 0.2) is 59.5 Å². The van der Waals surface area contributed by atoms with Crippen molar-refractivity contribution in [1.29, 1.82) is 0 Å². The molecule has 11 nitrogen and oxygen atoms in total. The van der Waals surface area contributed by atoms with Crippen molar-refractivity contribution in [3.05, 3.63) is 77.1 Å². The predicted octanol–water partition coefficient (Wildman–Crippen LogP) is 6.17. The molecule has 3 aromatic carbocycles. The van der Waals surface area contributed by atoms with Gasteiger partial charge in [0.2, 0.25) is 11.9 Å². The van der Waals surface area contributed by atoms with Crippen molar-refractivity contribution in [3.8, 4) is 0 Å². The van der Waals surface area contributed by atoms with Gasteiger partial charge in [-0.25, -0.2) is 17.8 Å². The van der Waals surface area contributed by atoms with E-state index in [2.05, 4.69) is 15.2 Å². The molecule has 2 aliphatic rings. The van der Waals surface area contributed by atoms with Gasteiger partial charge in [-0.1, -0.05) is 18.6 Å². The van der Waals surface area contributed by atoms with E-state index in [-0.39, 0.29) is 29.2 Å². The van der Waals surface area contributed by atoms with Gasteiger partial charge in [0.15, 0.2) is 0 Å². The molecule has 2 fully saturated rings. The van der Waals surface area contributed by atoms with Crippen LogP contribution in [0, 0.1) is 17.7 Å². The number of hydrogen-bond donors (Lipinski definition) is 3. The number of rotatable bonds is 8. The Labute approximate surface area is 298 Å². The highest BCUT2D eigenvalue weighted by molar-refractivity contribution is 7.92. The predicted molar refractivity (Wildman–Crippen MR) is 188 cm³/mol. The summed E-state index contributed by atoms with van der Waals surface area (Å²) in [6.45, 7) is 1.71. The number of fused-ring (bicyclic) bond motifs is 1. The number of halogens is 4. The third-order valence-corrected chi connectivity index (χ3v) is 12.3. The number of carbonyl (C=O) groups excluding carboxylic acids is 1. The van der Waals surface area contributed by atoms with Crippen LogP contribution in [0.4, 0.5) is 34.9 Å². The first kappa shape index (κ1) is 37.1. The Bertz CT molecular complexity index is 2120. The summed E-state index contributed by atoms with van der Waals surface area (Å²) in [5, 5.41) is 12.5. The van der Waals surface area contributed by atoms with E-state index in [0.717, 1.165) is 47.4 Å². The molecule has 1 aliphatic carbocycles. The Morgan fingerprint density at radius 1 is 1.02 bits per heavy atom. The molecule has 0 radical (unpaired) electrons. The van der Waals surface area contributed by atoms with Crippen LogP contribution in [-0.2, 0) is 32.8 Å². The zero-order chi connectivity index (χ0) is 37.7. The first-order valence-corrected chi connectivity index (χ1v) is 18.3. The average molecular weight is 745 g/mol. The molecule has 0 unspecified atom stereocenters. The summed E-state index contributed by atoms with van der Waals surface area (Å²) in [4.78, 5) is 32.6. The van der Waals surface area contributed by atoms with Crippen molar-refractivity contribution >= 4 is 50.3 Å². The number of aryl methyl sites for hydroxylation is 1. The van der Waals surface area contributed by atoms with Crippen LogP contribution in [0.1, 0.15) is 60.6 Å². The summed E-state index contributed by atoms with van der Waals surface area (Å²) in [5.74, 6) is -6.00. The second-order valence-electron chi connectivity index (χ2n) is 13.8. The van der Waals surface area contributed by atoms with Gasteiger partial charge in [0, 0.05) is 20.6 Å². The zero-order valence-electron chi connectivity index (χ0n) is 28.8. The van der Waals surface area contributed by atoms with Crippen LogP contribution in [0.3, 0.4) is 0 Å². The van der Waals surface area contributed by atoms with Gasteiger partial charge >= 0.3 is 12.1 Å². The Balaban J connectivity index is 1.24. The maximum Gasteiger partial charge on any atom is 0.416 e. The quantitative estimate of drug-likeness (QED) is 0.181. The summed E-state index contributed by atoms with van der Waals surface area (Å²) in [5.41, 5.74) is 7.45. The number of likely N-dealkylation sites (tertiary alicyclic amines) is 1. The standard InChI is InChI=1S/C36H40F4N6O5S/c1-44-15-5-6-21(19-44)27-17-24(18-30-32(27)45(2)35(41)43-30)52(50,51)46(3)23-12-9-20(10-13-23)25-7-4-8-26(31(25)34(48)49)33(47)42-29-14-11-22(16-28(29)37)36(38,39)40/h9-14,16-18,21,25-26,31H,4-8,15,19H2,1-3H3,(H2,41,43)(H,42,47)(H,48,49)/t21-,25-,26-,31-/m1/s1. The third kappa shape index (κ3) is 7.05. The van der Waals surface area contributed by atoms with Crippen LogP contribution >= 0.6 is 0 Å². The topological polar surface area (TPSA) is 151 Å². The molecule has 0 bridgehead atoms. The Morgan fingerprint density at radius 3 is 2.37 bits per heavy atom. The van der Waals surface area contributed by atoms with Crippen LogP contribution in [0.5, 0.6) is 0 Å². The minimum Gasteiger partial charge on any atom is -0.481 e. The lowest BCUT2D eigenvalue weighted by Gasteiger charge is -2.35. The molecule has 1 aromatic heterocycles. The van der Waals surface area contributed by atoms with Crippen LogP contribution < -0.4 is 15.4 Å². The molecule has 16 heteroatoms. The molecule has 1 saturated heterocycles. The van der Waals surface area contributed by atoms with E-state index in [1.54, 1.807) is 41.9 Å². The number of hydrogen-bond acceptors (Lipinski definition) is 7. The number of carboxylic acids is 1. The van der Waals surface area contributed by atoms with Gasteiger partial charge in [0.05, 0.1) is 44.7 Å². The van der Waals surface area contributed by atoms with E-state index in [9.17, 15) is 40.7 Å². The maximum atomic E-state index is 14.5. The Morgan fingerprint density at radius 2 is 1.73 bits per heavy atom. The fourth-order valence-electron chi connectivity index (χ4n) is 7.71. The highest BCUT2D eigenvalue weighted by Crippen LogP contribution is 2.43.